The Bertz CT molecular complexity index is 1260. The van der Waals surface area contributed by atoms with Crippen LogP contribution in [-0.2, 0) is 12.7 Å². The maximum atomic E-state index is 14.3. The molecule has 0 radical (unpaired) electrons. The van der Waals surface area contributed by atoms with Gasteiger partial charge in [0.2, 0.25) is 0 Å². The number of hydrogen-bond acceptors (Lipinski definition) is 7. The Morgan fingerprint density at radius 1 is 1.12 bits per heavy atom. The summed E-state index contributed by atoms with van der Waals surface area (Å²) in [5.74, 6) is 0.751. The summed E-state index contributed by atoms with van der Waals surface area (Å²) in [4.78, 5) is 20.4. The van der Waals surface area contributed by atoms with Gasteiger partial charge < -0.3 is 5.11 Å². The van der Waals surface area contributed by atoms with Crippen LogP contribution in [0.3, 0.4) is 0 Å². The van der Waals surface area contributed by atoms with Crippen LogP contribution in [0.25, 0.3) is 5.52 Å². The third-order valence-corrected chi connectivity index (χ3v) is 9.55. The van der Waals surface area contributed by atoms with E-state index < -0.39 is 17.4 Å². The molecular formula is C28H42F3N7O2. The van der Waals surface area contributed by atoms with Gasteiger partial charge in [0.1, 0.15) is 0 Å². The minimum Gasteiger partial charge on any atom is -0.390 e. The molecule has 1 saturated carbocycles. The number of aliphatic hydroxyl groups excluding tert-OH is 1. The van der Waals surface area contributed by atoms with E-state index in [1.807, 2.05) is 7.05 Å². The number of likely N-dealkylation sites (tertiary alicyclic amines) is 2. The molecule has 3 N–H and O–H groups in total. The van der Waals surface area contributed by atoms with Gasteiger partial charge in [0.05, 0.1) is 30.0 Å². The van der Waals surface area contributed by atoms with Crippen molar-refractivity contribution in [3.63, 3.8) is 0 Å². The Balaban J connectivity index is 1.30. The summed E-state index contributed by atoms with van der Waals surface area (Å²) in [6.45, 7) is 6.23. The Labute approximate surface area is 232 Å². The van der Waals surface area contributed by atoms with Gasteiger partial charge in [-0.15, -0.1) is 0 Å². The van der Waals surface area contributed by atoms with Crippen LogP contribution in [0.5, 0.6) is 0 Å². The number of hydrazine groups is 1. The first-order valence-corrected chi connectivity index (χ1v) is 14.7. The number of halogens is 3. The quantitative estimate of drug-likeness (QED) is 0.497. The smallest absolute Gasteiger partial charge is 0.390 e. The molecule has 0 amide bonds. The third kappa shape index (κ3) is 5.46. The summed E-state index contributed by atoms with van der Waals surface area (Å²) >= 11 is 0. The van der Waals surface area contributed by atoms with Crippen LogP contribution in [-0.4, -0.2) is 87.0 Å². The second kappa shape index (κ2) is 11.0. The zero-order chi connectivity index (χ0) is 28.2. The van der Waals surface area contributed by atoms with Gasteiger partial charge in [0, 0.05) is 50.7 Å². The Hall–Kier alpha value is -1.96. The molecule has 2 aromatic rings. The lowest BCUT2D eigenvalue weighted by Gasteiger charge is -2.50. The van der Waals surface area contributed by atoms with Crippen LogP contribution in [0, 0.1) is 11.8 Å². The third-order valence-electron chi connectivity index (χ3n) is 9.55. The van der Waals surface area contributed by atoms with Crippen molar-refractivity contribution >= 4 is 5.52 Å². The molecule has 0 aromatic carbocycles. The average molecular weight is 566 g/mol. The molecule has 6 rings (SSSR count). The maximum absolute atomic E-state index is 14.3. The van der Waals surface area contributed by atoms with Crippen molar-refractivity contribution in [2.45, 2.75) is 82.5 Å². The van der Waals surface area contributed by atoms with Crippen molar-refractivity contribution < 1.29 is 18.3 Å². The highest BCUT2D eigenvalue weighted by Gasteiger charge is 2.45. The second-order valence-corrected chi connectivity index (χ2v) is 12.7. The number of imidazole rings is 1. The molecule has 0 bridgehead atoms. The minimum absolute atomic E-state index is 0.0537. The molecule has 2 aromatic heterocycles. The molecular weight excluding hydrogens is 523 g/mol. The van der Waals surface area contributed by atoms with Crippen molar-refractivity contribution in [3.05, 3.63) is 40.1 Å². The van der Waals surface area contributed by atoms with Gasteiger partial charge in [-0.1, -0.05) is 13.3 Å². The van der Waals surface area contributed by atoms with Crippen LogP contribution in [0.15, 0.2) is 23.3 Å². The Kier molecular flexibility index (Phi) is 7.77. The molecule has 40 heavy (non-hydrogen) atoms. The molecule has 3 saturated heterocycles. The first-order valence-electron chi connectivity index (χ1n) is 14.7. The molecule has 5 heterocycles. The number of fused-ring (bicyclic) bond motifs is 1. The van der Waals surface area contributed by atoms with Crippen molar-refractivity contribution in [2.75, 3.05) is 39.9 Å². The molecule has 4 aliphatic rings. The standard InChI is InChI=1S/C28H42F3N7O2/c1-18-5-4-8-35(11-18)12-19-9-23(28(29,30)31)24-16-37(27(40)38(24)13-19)21-7-3-6-20(10-21)25(36-14-22(39)15-36)26-33-32-17-34(26)2/h9,13,16,18,20-22,25-26,32-33,39H,3-8,10-12,14-15,17H2,1-2H3/t18-,20?,21?,25+,26?/m0/s1. The van der Waals surface area contributed by atoms with E-state index in [9.17, 15) is 23.1 Å². The fourth-order valence-electron chi connectivity index (χ4n) is 7.61. The van der Waals surface area contributed by atoms with Crippen molar-refractivity contribution in [1.29, 1.82) is 0 Å². The van der Waals surface area contributed by atoms with Gasteiger partial charge in [0.15, 0.2) is 0 Å². The highest BCUT2D eigenvalue weighted by Crippen LogP contribution is 2.39. The number of likely N-dealkylation sites (N-methyl/N-ethyl adjacent to an activating group) is 1. The number of nitrogens with one attached hydrogen (secondary N) is 2. The number of aromatic nitrogens is 2. The van der Waals surface area contributed by atoms with Crippen molar-refractivity contribution in [2.24, 2.45) is 11.8 Å². The molecule has 4 fully saturated rings. The van der Waals surface area contributed by atoms with Gasteiger partial charge in [-0.2, -0.15) is 13.2 Å². The monoisotopic (exact) mass is 565 g/mol. The van der Waals surface area contributed by atoms with Crippen LogP contribution < -0.4 is 16.5 Å². The summed E-state index contributed by atoms with van der Waals surface area (Å²) < 4.78 is 45.6. The predicted molar refractivity (Wildman–Crippen MR) is 145 cm³/mol. The first kappa shape index (κ1) is 28.2. The van der Waals surface area contributed by atoms with E-state index in [0.717, 1.165) is 45.2 Å². The number of nitrogens with zero attached hydrogens (tertiary/aromatic N) is 5. The van der Waals surface area contributed by atoms with E-state index in [1.165, 1.54) is 16.7 Å². The minimum atomic E-state index is -4.56. The number of piperidine rings is 1. The van der Waals surface area contributed by atoms with Gasteiger partial charge in [-0.05, 0) is 69.2 Å². The Morgan fingerprint density at radius 2 is 1.93 bits per heavy atom. The summed E-state index contributed by atoms with van der Waals surface area (Å²) in [7, 11) is 2.05. The van der Waals surface area contributed by atoms with E-state index >= 15 is 0 Å². The molecule has 12 heteroatoms. The van der Waals surface area contributed by atoms with E-state index in [1.54, 1.807) is 10.8 Å². The summed E-state index contributed by atoms with van der Waals surface area (Å²) in [6.07, 6.45) is 3.75. The number of aliphatic hydroxyl groups is 1. The Morgan fingerprint density at radius 3 is 2.60 bits per heavy atom. The number of β-amino-alcohol motifs (C(OH)–C–C–N with tert-alkyl or cyclic N) is 1. The van der Waals surface area contributed by atoms with Gasteiger partial charge in [-0.3, -0.25) is 23.7 Å². The average Bonchev–Trinajstić information content (AvgIpc) is 3.45. The van der Waals surface area contributed by atoms with Crippen molar-refractivity contribution in [1.82, 2.24) is 34.5 Å². The lowest BCUT2D eigenvalue weighted by Crippen LogP contribution is -2.65. The highest BCUT2D eigenvalue weighted by molar-refractivity contribution is 5.56. The summed E-state index contributed by atoms with van der Waals surface area (Å²) in [5, 5.41) is 10.0. The second-order valence-electron chi connectivity index (χ2n) is 12.7. The molecule has 9 nitrogen and oxygen atoms in total. The van der Waals surface area contributed by atoms with E-state index in [-0.39, 0.29) is 35.8 Å². The fourth-order valence-corrected chi connectivity index (χ4v) is 7.61. The largest absolute Gasteiger partial charge is 0.418 e. The number of hydrogen-bond donors (Lipinski definition) is 3. The topological polar surface area (TPSA) is 80.4 Å². The van der Waals surface area contributed by atoms with Crippen LogP contribution in [0.4, 0.5) is 13.2 Å². The van der Waals surface area contributed by atoms with Crippen molar-refractivity contribution in [3.8, 4) is 0 Å². The number of pyridine rings is 1. The van der Waals surface area contributed by atoms with E-state index in [2.05, 4.69) is 32.5 Å². The lowest BCUT2D eigenvalue weighted by molar-refractivity contribution is -0.136. The summed E-state index contributed by atoms with van der Waals surface area (Å²) in [6, 6.07) is 1.19. The van der Waals surface area contributed by atoms with Gasteiger partial charge >= 0.3 is 11.9 Å². The number of alkyl halides is 3. The summed E-state index contributed by atoms with van der Waals surface area (Å²) in [5.41, 5.74) is 5.89. The van der Waals surface area contributed by atoms with E-state index in [0.29, 0.717) is 44.2 Å². The zero-order valence-electron chi connectivity index (χ0n) is 23.4. The van der Waals surface area contributed by atoms with Gasteiger partial charge in [0.25, 0.3) is 0 Å². The van der Waals surface area contributed by atoms with Crippen LogP contribution in [0.2, 0.25) is 0 Å². The van der Waals surface area contributed by atoms with Crippen LogP contribution >= 0.6 is 0 Å². The fraction of sp³-hybridized carbons (Fsp3) is 0.750. The zero-order valence-corrected chi connectivity index (χ0v) is 23.4. The normalized spacial score (nSPS) is 30.6. The molecule has 5 atom stereocenters. The number of rotatable bonds is 6. The lowest BCUT2D eigenvalue weighted by atomic mass is 9.78. The molecule has 3 aliphatic heterocycles. The molecule has 222 valence electrons. The van der Waals surface area contributed by atoms with Crippen LogP contribution in [0.1, 0.15) is 62.6 Å². The SMILES string of the molecule is C[C@H]1CCCN(Cc2cc(C(F)(F)F)c3cn(C4CCCC([C@H](C5NNCN5C)N5CC(O)C5)C4)c(=O)n3c2)C1. The highest BCUT2D eigenvalue weighted by atomic mass is 19.4. The first-order chi connectivity index (χ1) is 19.1. The van der Waals surface area contributed by atoms with Gasteiger partial charge in [-0.25, -0.2) is 15.6 Å². The molecule has 3 unspecified atom stereocenters. The molecule has 0 spiro atoms. The maximum Gasteiger partial charge on any atom is 0.418 e. The van der Waals surface area contributed by atoms with E-state index in [4.69, 9.17) is 0 Å². The molecule has 1 aliphatic carbocycles. The predicted octanol–water partition coefficient (Wildman–Crippen LogP) is 2.45.